The second-order valence-corrected chi connectivity index (χ2v) is 9.56. The average Bonchev–Trinajstić information content (AvgIpc) is 2.76. The summed E-state index contributed by atoms with van der Waals surface area (Å²) in [7, 11) is -3.32. The van der Waals surface area contributed by atoms with Crippen molar-refractivity contribution in [3.63, 3.8) is 0 Å². The Morgan fingerprint density at radius 2 is 1.55 bits per heavy atom. The van der Waals surface area contributed by atoms with Crippen LogP contribution in [-0.2, 0) is 16.4 Å². The molecule has 156 valence electrons. The third-order valence-corrected chi connectivity index (χ3v) is 6.50. The number of halogens is 1. The summed E-state index contributed by atoms with van der Waals surface area (Å²) < 4.78 is 40.5. The third kappa shape index (κ3) is 4.47. The summed E-state index contributed by atoms with van der Waals surface area (Å²) in [5.74, 6) is -0.389. The molecule has 31 heavy (non-hydrogen) atoms. The molecule has 4 aromatic rings. The predicted octanol–water partition coefficient (Wildman–Crippen LogP) is 5.54. The van der Waals surface area contributed by atoms with E-state index >= 15 is 0 Å². The van der Waals surface area contributed by atoms with Gasteiger partial charge in [0.05, 0.1) is 17.6 Å². The first kappa shape index (κ1) is 21.1. The Kier molecular flexibility index (Phi) is 5.80. The highest BCUT2D eigenvalue weighted by molar-refractivity contribution is 7.90. The van der Waals surface area contributed by atoms with E-state index in [4.69, 9.17) is 12.2 Å². The van der Waals surface area contributed by atoms with E-state index in [1.807, 2.05) is 30.3 Å². The van der Waals surface area contributed by atoms with Crippen molar-refractivity contribution in [3.05, 3.63) is 101 Å². The third-order valence-electron chi connectivity index (χ3n) is 4.96. The van der Waals surface area contributed by atoms with Crippen LogP contribution < -0.4 is 0 Å². The maximum atomic E-state index is 14.8. The van der Waals surface area contributed by atoms with E-state index in [2.05, 4.69) is 5.10 Å². The highest BCUT2D eigenvalue weighted by atomic mass is 32.2. The molecule has 0 saturated heterocycles. The van der Waals surface area contributed by atoms with Crippen molar-refractivity contribution in [1.82, 2.24) is 9.78 Å². The first-order valence-electron chi connectivity index (χ1n) is 9.54. The van der Waals surface area contributed by atoms with Crippen LogP contribution in [0.5, 0.6) is 0 Å². The quantitative estimate of drug-likeness (QED) is 0.375. The lowest BCUT2D eigenvalue weighted by Gasteiger charge is -2.15. The van der Waals surface area contributed by atoms with Gasteiger partial charge < -0.3 is 0 Å². The first-order valence-corrected chi connectivity index (χ1v) is 11.8. The summed E-state index contributed by atoms with van der Waals surface area (Å²) in [6, 6.07) is 22.7. The molecule has 4 rings (SSSR count). The van der Waals surface area contributed by atoms with Crippen molar-refractivity contribution >= 4 is 22.1 Å². The van der Waals surface area contributed by atoms with Gasteiger partial charge in [0.1, 0.15) is 10.5 Å². The maximum Gasteiger partial charge on any atom is 0.175 e. The van der Waals surface area contributed by atoms with Crippen LogP contribution in [0.2, 0.25) is 0 Å². The van der Waals surface area contributed by atoms with Crippen LogP contribution in [0.4, 0.5) is 4.39 Å². The first-order chi connectivity index (χ1) is 14.8. The van der Waals surface area contributed by atoms with Crippen LogP contribution in [0.3, 0.4) is 0 Å². The predicted molar refractivity (Wildman–Crippen MR) is 123 cm³/mol. The van der Waals surface area contributed by atoms with Crippen LogP contribution in [0.1, 0.15) is 5.56 Å². The van der Waals surface area contributed by atoms with Gasteiger partial charge in [-0.3, -0.25) is 0 Å². The normalized spacial score (nSPS) is 11.4. The molecule has 0 aliphatic heterocycles. The highest BCUT2D eigenvalue weighted by Gasteiger charge is 2.17. The van der Waals surface area contributed by atoms with E-state index in [1.165, 1.54) is 18.2 Å². The van der Waals surface area contributed by atoms with Crippen molar-refractivity contribution < 1.29 is 12.8 Å². The van der Waals surface area contributed by atoms with Gasteiger partial charge in [-0.25, -0.2) is 17.5 Å². The van der Waals surface area contributed by atoms with Crippen molar-refractivity contribution in [1.29, 1.82) is 0 Å². The van der Waals surface area contributed by atoms with Crippen molar-refractivity contribution in [3.8, 4) is 22.3 Å². The van der Waals surface area contributed by atoms with Gasteiger partial charge in [-0.2, -0.15) is 5.10 Å². The topological polar surface area (TPSA) is 52.0 Å². The molecule has 1 aromatic heterocycles. The molecule has 0 amide bonds. The van der Waals surface area contributed by atoms with Gasteiger partial charge in [0.25, 0.3) is 0 Å². The molecule has 0 aliphatic carbocycles. The molecule has 0 atom stereocenters. The number of benzene rings is 3. The smallest absolute Gasteiger partial charge is 0.175 e. The second-order valence-electron chi connectivity index (χ2n) is 7.16. The van der Waals surface area contributed by atoms with Gasteiger partial charge in [0.2, 0.25) is 0 Å². The molecule has 0 fully saturated rings. The summed E-state index contributed by atoms with van der Waals surface area (Å²) in [4.78, 5) is 0.213. The molecule has 7 heteroatoms. The largest absolute Gasteiger partial charge is 0.250 e. The van der Waals surface area contributed by atoms with Gasteiger partial charge in [-0.15, -0.1) is 0 Å². The Hall–Kier alpha value is -3.16. The molecule has 0 unspecified atom stereocenters. The van der Waals surface area contributed by atoms with Crippen molar-refractivity contribution in [2.45, 2.75) is 11.4 Å². The summed E-state index contributed by atoms with van der Waals surface area (Å²) in [6.07, 6.45) is 2.81. The zero-order valence-electron chi connectivity index (χ0n) is 16.7. The standard InChI is InChI=1S/C24H19FN2O2S2/c1-31(28,29)19-13-11-18(12-14-19)21-15-26-27(16-17-7-3-2-4-8-17)24(30)23(21)20-9-5-6-10-22(20)25/h2-15H,16H2,1H3. The minimum absolute atomic E-state index is 0.213. The molecule has 4 nitrogen and oxygen atoms in total. The summed E-state index contributed by atoms with van der Waals surface area (Å²) in [6.45, 7) is 0.453. The van der Waals surface area contributed by atoms with Gasteiger partial charge in [0.15, 0.2) is 9.84 Å². The van der Waals surface area contributed by atoms with Crippen LogP contribution in [0.25, 0.3) is 22.3 Å². The molecule has 0 N–H and O–H groups in total. The Morgan fingerprint density at radius 1 is 0.903 bits per heavy atom. The number of hydrogen-bond donors (Lipinski definition) is 0. The van der Waals surface area contributed by atoms with E-state index in [9.17, 15) is 12.8 Å². The molecular weight excluding hydrogens is 431 g/mol. The monoisotopic (exact) mass is 450 g/mol. The number of hydrogen-bond acceptors (Lipinski definition) is 4. The van der Waals surface area contributed by atoms with Crippen molar-refractivity contribution in [2.75, 3.05) is 6.26 Å². The van der Waals surface area contributed by atoms with Crippen LogP contribution in [0, 0.1) is 10.5 Å². The van der Waals surface area contributed by atoms with E-state index in [0.717, 1.165) is 11.8 Å². The Morgan fingerprint density at radius 3 is 2.19 bits per heavy atom. The summed E-state index contributed by atoms with van der Waals surface area (Å²) in [5.41, 5.74) is 3.29. The zero-order chi connectivity index (χ0) is 22.0. The van der Waals surface area contributed by atoms with Crippen LogP contribution in [0.15, 0.2) is 90.0 Å². The Bertz CT molecular complexity index is 1400. The van der Waals surface area contributed by atoms with Gasteiger partial charge in [0, 0.05) is 22.9 Å². The van der Waals surface area contributed by atoms with E-state index in [0.29, 0.717) is 33.4 Å². The Labute approximate surface area is 185 Å². The van der Waals surface area contributed by atoms with Gasteiger partial charge >= 0.3 is 0 Å². The van der Waals surface area contributed by atoms with Gasteiger partial charge in [-0.1, -0.05) is 72.9 Å². The van der Waals surface area contributed by atoms with E-state index < -0.39 is 9.84 Å². The molecule has 0 spiro atoms. The number of aromatic nitrogens is 2. The number of nitrogens with zero attached hydrogens (tertiary/aromatic N) is 2. The Balaban J connectivity index is 1.90. The summed E-state index contributed by atoms with van der Waals surface area (Å²) >= 11 is 5.74. The fourth-order valence-electron chi connectivity index (χ4n) is 3.38. The van der Waals surface area contributed by atoms with E-state index in [-0.39, 0.29) is 10.7 Å². The number of sulfone groups is 1. The molecule has 3 aromatic carbocycles. The molecule has 0 radical (unpaired) electrons. The zero-order valence-corrected chi connectivity index (χ0v) is 18.3. The van der Waals surface area contributed by atoms with Gasteiger partial charge in [-0.05, 0) is 29.3 Å². The molecule has 0 saturated carbocycles. The SMILES string of the molecule is CS(=O)(=O)c1ccc(-c2cnn(Cc3ccccc3)c(=S)c2-c2ccccc2F)cc1. The lowest BCUT2D eigenvalue weighted by Crippen LogP contribution is -2.09. The molecule has 0 bridgehead atoms. The average molecular weight is 451 g/mol. The lowest BCUT2D eigenvalue weighted by molar-refractivity contribution is 0.602. The fourth-order valence-corrected chi connectivity index (χ4v) is 4.34. The highest BCUT2D eigenvalue weighted by Crippen LogP contribution is 2.34. The minimum Gasteiger partial charge on any atom is -0.250 e. The summed E-state index contributed by atoms with van der Waals surface area (Å²) in [5, 5.41) is 4.51. The molecule has 0 aliphatic rings. The molecule has 1 heterocycles. The fraction of sp³-hybridized carbons (Fsp3) is 0.0833. The number of rotatable bonds is 5. The minimum atomic E-state index is -3.32. The van der Waals surface area contributed by atoms with Crippen LogP contribution >= 0.6 is 12.2 Å². The second kappa shape index (κ2) is 8.53. The van der Waals surface area contributed by atoms with Crippen molar-refractivity contribution in [2.24, 2.45) is 0 Å². The maximum absolute atomic E-state index is 14.8. The lowest BCUT2D eigenvalue weighted by atomic mass is 9.97. The van der Waals surface area contributed by atoms with Crippen LogP contribution in [-0.4, -0.2) is 24.5 Å². The van der Waals surface area contributed by atoms with E-state index in [1.54, 1.807) is 41.2 Å². The molecular formula is C24H19FN2O2S2.